The van der Waals surface area contributed by atoms with E-state index in [1.807, 2.05) is 0 Å². The fraction of sp³-hybridized carbons (Fsp3) is 0.538. The third-order valence-corrected chi connectivity index (χ3v) is 21.8. The number of benzene rings is 2. The van der Waals surface area contributed by atoms with E-state index in [9.17, 15) is 0 Å². The molecule has 0 fully saturated rings. The highest BCUT2D eigenvalue weighted by molar-refractivity contribution is 7.57. The molecule has 0 nitrogen and oxygen atoms in total. The van der Waals surface area contributed by atoms with E-state index in [2.05, 4.69) is 83.1 Å². The average Bonchev–Trinajstić information content (AvgIpc) is 2.70. The summed E-state index contributed by atoms with van der Waals surface area (Å²) in [4.78, 5) is 0. The molecule has 0 aliphatic rings. The van der Waals surface area contributed by atoms with Crippen LogP contribution in [-0.4, -0.2) is 13.4 Å². The van der Waals surface area contributed by atoms with Crippen LogP contribution in [0.1, 0.15) is 80.5 Å². The molecule has 0 aliphatic heterocycles. The van der Waals surface area contributed by atoms with Crippen LogP contribution in [0.15, 0.2) is 48.5 Å². The summed E-state index contributed by atoms with van der Waals surface area (Å²) in [7, 11) is 0. The molecule has 6 heteroatoms. The lowest BCUT2D eigenvalue weighted by Gasteiger charge is -2.38. The van der Waals surface area contributed by atoms with Gasteiger partial charge in [0.05, 0.1) is 0 Å². The van der Waals surface area contributed by atoms with Crippen molar-refractivity contribution >= 4 is 57.7 Å². The van der Waals surface area contributed by atoms with Gasteiger partial charge in [-0.25, -0.2) is 0 Å². The Kier molecular flexibility index (Phi) is 11.2. The lowest BCUT2D eigenvalue weighted by Crippen LogP contribution is -2.43. The second-order valence-corrected chi connectivity index (χ2v) is 24.6. The topological polar surface area (TPSA) is 0 Å². The van der Waals surface area contributed by atoms with Crippen molar-refractivity contribution in [2.75, 3.05) is 0 Å². The van der Waals surface area contributed by atoms with Gasteiger partial charge in [0.2, 0.25) is 0 Å². The highest BCUT2D eigenvalue weighted by Gasteiger charge is 2.52. The van der Waals surface area contributed by atoms with Crippen molar-refractivity contribution < 1.29 is 0 Å². The number of halogens is 4. The molecule has 0 heterocycles. The molecule has 0 radical (unpaired) electrons. The third-order valence-electron chi connectivity index (χ3n) is 6.71. The minimum atomic E-state index is -2.73. The molecule has 0 aliphatic carbocycles. The van der Waals surface area contributed by atoms with Crippen molar-refractivity contribution in [3.63, 3.8) is 0 Å². The molecular formula is C26H38Cl4Si2. The van der Waals surface area contributed by atoms with Crippen molar-refractivity contribution in [3.05, 3.63) is 70.8 Å². The summed E-state index contributed by atoms with van der Waals surface area (Å²) in [5.74, 6) is 0.580. The lowest BCUT2D eigenvalue weighted by atomic mass is 9.98. The summed E-state index contributed by atoms with van der Waals surface area (Å²) < 4.78 is 0. The van der Waals surface area contributed by atoms with E-state index in [4.69, 9.17) is 44.3 Å². The molecule has 2 aromatic carbocycles. The molecule has 0 amide bonds. The summed E-state index contributed by atoms with van der Waals surface area (Å²) in [5.41, 5.74) is 5.22. The van der Waals surface area contributed by atoms with Gasteiger partial charge in [0.25, 0.3) is 13.4 Å². The van der Waals surface area contributed by atoms with Gasteiger partial charge in [-0.1, -0.05) is 95.0 Å². The van der Waals surface area contributed by atoms with Crippen LogP contribution in [0, 0.1) is 13.8 Å². The van der Waals surface area contributed by atoms with Crippen LogP contribution in [0.3, 0.4) is 0 Å². The van der Waals surface area contributed by atoms with Gasteiger partial charge in [-0.2, -0.15) is 0 Å². The quantitative estimate of drug-likeness (QED) is 0.141. The van der Waals surface area contributed by atoms with Crippen molar-refractivity contribution in [1.29, 1.82) is 0 Å². The molecule has 2 unspecified atom stereocenters. The molecule has 178 valence electrons. The minimum Gasteiger partial charge on any atom is -0.146 e. The van der Waals surface area contributed by atoms with Gasteiger partial charge in [-0.15, -0.1) is 44.3 Å². The zero-order valence-corrected chi connectivity index (χ0v) is 25.1. The van der Waals surface area contributed by atoms with Gasteiger partial charge in [0.1, 0.15) is 0 Å². The normalized spacial score (nSPS) is 15.4. The first-order valence-corrected chi connectivity index (χ1v) is 20.5. The van der Waals surface area contributed by atoms with Crippen LogP contribution in [-0.2, 0) is 0 Å². The second-order valence-electron chi connectivity index (χ2n) is 9.49. The second kappa shape index (κ2) is 12.7. The van der Waals surface area contributed by atoms with Gasteiger partial charge in [-0.05, 0) is 60.0 Å². The molecule has 0 N–H and O–H groups in total. The number of rotatable bonds is 12. The zero-order valence-electron chi connectivity index (χ0n) is 20.1. The molecule has 0 saturated heterocycles. The van der Waals surface area contributed by atoms with Crippen LogP contribution >= 0.6 is 44.3 Å². The summed E-state index contributed by atoms with van der Waals surface area (Å²) in [6.45, 7) is 5.55. The third kappa shape index (κ3) is 7.78. The van der Waals surface area contributed by atoms with Gasteiger partial charge < -0.3 is 0 Å². The van der Waals surface area contributed by atoms with Gasteiger partial charge >= 0.3 is 0 Å². The summed E-state index contributed by atoms with van der Waals surface area (Å²) in [6, 6.07) is 18.6. The Morgan fingerprint density at radius 3 is 1.47 bits per heavy atom. The van der Waals surface area contributed by atoms with Gasteiger partial charge in [-0.3, -0.25) is 0 Å². The lowest BCUT2D eigenvalue weighted by molar-refractivity contribution is 0.676. The van der Waals surface area contributed by atoms with Crippen LogP contribution in [0.4, 0.5) is 0 Å². The first-order chi connectivity index (χ1) is 15.0. The predicted molar refractivity (Wildman–Crippen MR) is 152 cm³/mol. The molecule has 2 aromatic rings. The van der Waals surface area contributed by atoms with Crippen molar-refractivity contribution in [3.8, 4) is 0 Å². The molecule has 0 bridgehead atoms. The minimum absolute atomic E-state index is 0.0474. The van der Waals surface area contributed by atoms with E-state index in [0.717, 1.165) is 37.8 Å². The fourth-order valence-corrected chi connectivity index (χ4v) is 24.8. The van der Waals surface area contributed by atoms with E-state index in [1.165, 1.54) is 22.3 Å². The molecule has 2 atom stereocenters. The van der Waals surface area contributed by atoms with E-state index >= 15 is 0 Å². The van der Waals surface area contributed by atoms with Crippen molar-refractivity contribution in [2.24, 2.45) is 0 Å². The Bertz CT molecular complexity index is 788. The van der Waals surface area contributed by atoms with Crippen molar-refractivity contribution in [1.82, 2.24) is 0 Å². The maximum absolute atomic E-state index is 7.29. The molecule has 0 saturated carbocycles. The van der Waals surface area contributed by atoms with E-state index < -0.39 is 13.4 Å². The van der Waals surface area contributed by atoms with Gasteiger partial charge in [0.15, 0.2) is 0 Å². The molecule has 0 spiro atoms. The highest BCUT2D eigenvalue weighted by atomic mass is 35.7. The Morgan fingerprint density at radius 2 is 1.09 bits per heavy atom. The highest BCUT2D eigenvalue weighted by Crippen LogP contribution is 2.52. The van der Waals surface area contributed by atoms with Crippen LogP contribution in [0.2, 0.25) is 17.3 Å². The largest absolute Gasteiger partial charge is 0.254 e. The number of aryl methyl sites for hydroxylation is 2. The maximum atomic E-state index is 7.29. The number of hydrogen-bond donors (Lipinski definition) is 0. The van der Waals surface area contributed by atoms with Crippen molar-refractivity contribution in [2.45, 2.75) is 89.4 Å². The first-order valence-electron chi connectivity index (χ1n) is 11.9. The zero-order chi connectivity index (χ0) is 23.9. The fourth-order valence-electron chi connectivity index (χ4n) is 4.93. The van der Waals surface area contributed by atoms with E-state index in [0.29, 0.717) is 11.8 Å². The SMILES string of the molecule is CCCCCC([Si](Cl)(Cl)CC(C)c1ccccc1C)[Si](Cl)(Cl)CC(C)c1ccccc1C. The molecule has 32 heavy (non-hydrogen) atoms. The Balaban J connectivity index is 2.27. The summed E-state index contributed by atoms with van der Waals surface area (Å²) >= 11 is 29.2. The number of unbranched alkanes of at least 4 members (excludes halogenated alkanes) is 2. The van der Waals surface area contributed by atoms with E-state index in [1.54, 1.807) is 0 Å². The molecule has 0 aromatic heterocycles. The molecule has 2 rings (SSSR count). The monoisotopic (exact) mass is 546 g/mol. The summed E-state index contributed by atoms with van der Waals surface area (Å²) in [6.07, 6.45) is 4.34. The average molecular weight is 549 g/mol. The van der Waals surface area contributed by atoms with Crippen LogP contribution in [0.5, 0.6) is 0 Å². The first kappa shape index (κ1) is 28.3. The number of hydrogen-bond acceptors (Lipinski definition) is 0. The predicted octanol–water partition coefficient (Wildman–Crippen LogP) is 10.5. The Hall–Kier alpha value is 0.0338. The smallest absolute Gasteiger partial charge is 0.146 e. The van der Waals surface area contributed by atoms with E-state index in [-0.39, 0.29) is 5.16 Å². The van der Waals surface area contributed by atoms with Gasteiger partial charge in [0, 0.05) is 5.16 Å². The Morgan fingerprint density at radius 1 is 0.688 bits per heavy atom. The van der Waals surface area contributed by atoms with Crippen LogP contribution < -0.4 is 0 Å². The Labute approximate surface area is 216 Å². The van der Waals surface area contributed by atoms with Crippen LogP contribution in [0.25, 0.3) is 0 Å². The maximum Gasteiger partial charge on any atom is 0.254 e. The summed E-state index contributed by atoms with van der Waals surface area (Å²) in [5, 5.41) is 0.0474. The standard InChI is InChI=1S/C26H38Cl4Si2/c1-6-7-8-17-26(31(27,28)18-22(4)24-15-11-9-13-20(24)2)32(29,30)19-23(5)25-16-12-10-14-21(25)3/h9-16,22-23,26H,6-8,17-19H2,1-5H3. The molecular weight excluding hydrogens is 510 g/mol.